The number of halogens is 1. The van der Waals surface area contributed by atoms with Crippen molar-refractivity contribution in [2.24, 2.45) is 0 Å². The minimum atomic E-state index is -0.330. The van der Waals surface area contributed by atoms with E-state index in [4.69, 9.17) is 12.2 Å². The van der Waals surface area contributed by atoms with Crippen molar-refractivity contribution in [1.29, 1.82) is 0 Å². The van der Waals surface area contributed by atoms with Crippen LogP contribution >= 0.6 is 12.2 Å². The molecule has 0 saturated heterocycles. The quantitative estimate of drug-likeness (QED) is 0.487. The first-order valence-electron chi connectivity index (χ1n) is 5.38. The lowest BCUT2D eigenvalue weighted by atomic mass is 10.3. The predicted octanol–water partition coefficient (Wildman–Crippen LogP) is 1.04. The molecule has 2 amide bonds. The van der Waals surface area contributed by atoms with Crippen molar-refractivity contribution in [2.45, 2.75) is 0 Å². The van der Waals surface area contributed by atoms with E-state index < -0.39 is 0 Å². The SMILES string of the molecule is CNC(=O)NCCNC(=S)Nc1cccc(F)c1. The summed E-state index contributed by atoms with van der Waals surface area (Å²) < 4.78 is 12.9. The number of amides is 2. The summed E-state index contributed by atoms with van der Waals surface area (Å²) in [6.45, 7) is 0.916. The Kier molecular flexibility index (Phi) is 5.86. The Morgan fingerprint density at radius 1 is 1.33 bits per heavy atom. The lowest BCUT2D eigenvalue weighted by molar-refractivity contribution is 0.243. The van der Waals surface area contributed by atoms with Crippen LogP contribution in [0.25, 0.3) is 0 Å². The van der Waals surface area contributed by atoms with Gasteiger partial charge in [0.1, 0.15) is 5.82 Å². The van der Waals surface area contributed by atoms with Crippen molar-refractivity contribution in [3.8, 4) is 0 Å². The second-order valence-corrected chi connectivity index (χ2v) is 3.81. The van der Waals surface area contributed by atoms with E-state index in [0.717, 1.165) is 0 Å². The van der Waals surface area contributed by atoms with Gasteiger partial charge >= 0.3 is 6.03 Å². The third-order valence-corrected chi connectivity index (χ3v) is 2.25. The van der Waals surface area contributed by atoms with Crippen molar-refractivity contribution in [2.75, 3.05) is 25.5 Å². The topological polar surface area (TPSA) is 65.2 Å². The molecule has 1 aromatic rings. The van der Waals surface area contributed by atoms with Crippen LogP contribution < -0.4 is 21.3 Å². The molecule has 7 heteroatoms. The van der Waals surface area contributed by atoms with Crippen LogP contribution in [-0.4, -0.2) is 31.3 Å². The molecule has 0 saturated carbocycles. The summed E-state index contributed by atoms with van der Waals surface area (Å²) in [7, 11) is 1.54. The maximum atomic E-state index is 12.9. The third kappa shape index (κ3) is 5.44. The van der Waals surface area contributed by atoms with Crippen molar-refractivity contribution in [3.05, 3.63) is 30.1 Å². The average Bonchev–Trinajstić information content (AvgIpc) is 2.34. The Bertz CT molecular complexity index is 427. The van der Waals surface area contributed by atoms with E-state index in [2.05, 4.69) is 21.3 Å². The Balaban J connectivity index is 2.24. The molecule has 0 radical (unpaired) electrons. The molecule has 0 spiro atoms. The molecule has 4 N–H and O–H groups in total. The Morgan fingerprint density at radius 3 is 2.72 bits per heavy atom. The van der Waals surface area contributed by atoms with Crippen LogP contribution in [0.5, 0.6) is 0 Å². The third-order valence-electron chi connectivity index (χ3n) is 2.01. The lowest BCUT2D eigenvalue weighted by Gasteiger charge is -2.10. The van der Waals surface area contributed by atoms with Crippen LogP contribution in [0.2, 0.25) is 0 Å². The van der Waals surface area contributed by atoms with E-state index in [1.165, 1.54) is 12.1 Å². The smallest absolute Gasteiger partial charge is 0.314 e. The van der Waals surface area contributed by atoms with Crippen LogP contribution in [-0.2, 0) is 0 Å². The van der Waals surface area contributed by atoms with Gasteiger partial charge in [0.15, 0.2) is 5.11 Å². The molecule has 0 bridgehead atoms. The molecule has 1 rings (SSSR count). The number of rotatable bonds is 4. The van der Waals surface area contributed by atoms with E-state index in [0.29, 0.717) is 23.9 Å². The molecule has 18 heavy (non-hydrogen) atoms. The molecule has 0 aliphatic carbocycles. The molecule has 0 heterocycles. The van der Waals surface area contributed by atoms with Crippen molar-refractivity contribution < 1.29 is 9.18 Å². The summed E-state index contributed by atoms with van der Waals surface area (Å²) in [5, 5.41) is 11.1. The molecule has 0 aromatic heterocycles. The van der Waals surface area contributed by atoms with Gasteiger partial charge in [-0.2, -0.15) is 0 Å². The van der Waals surface area contributed by atoms with Gasteiger partial charge < -0.3 is 21.3 Å². The Hall–Kier alpha value is -1.89. The summed E-state index contributed by atoms with van der Waals surface area (Å²) >= 11 is 5.01. The fourth-order valence-corrected chi connectivity index (χ4v) is 1.40. The first kappa shape index (κ1) is 14.2. The minimum Gasteiger partial charge on any atom is -0.361 e. The highest BCUT2D eigenvalue weighted by Crippen LogP contribution is 2.08. The zero-order chi connectivity index (χ0) is 13.4. The number of benzene rings is 1. The molecule has 0 aliphatic rings. The lowest BCUT2D eigenvalue weighted by Crippen LogP contribution is -2.39. The van der Waals surface area contributed by atoms with Crippen molar-refractivity contribution >= 4 is 29.0 Å². The van der Waals surface area contributed by atoms with Crippen LogP contribution in [0.15, 0.2) is 24.3 Å². The Labute approximate surface area is 110 Å². The van der Waals surface area contributed by atoms with Crippen LogP contribution in [0, 0.1) is 5.82 Å². The summed E-state index contributed by atoms with van der Waals surface area (Å²) in [5.74, 6) is -0.330. The summed E-state index contributed by atoms with van der Waals surface area (Å²) in [6.07, 6.45) is 0. The summed E-state index contributed by atoms with van der Waals surface area (Å²) in [6, 6.07) is 5.75. The monoisotopic (exact) mass is 270 g/mol. The molecular formula is C11H15FN4OS. The van der Waals surface area contributed by atoms with Crippen LogP contribution in [0.1, 0.15) is 0 Å². The molecule has 0 aliphatic heterocycles. The number of hydrogen-bond donors (Lipinski definition) is 4. The highest BCUT2D eigenvalue weighted by molar-refractivity contribution is 7.80. The highest BCUT2D eigenvalue weighted by Gasteiger charge is 1.99. The first-order chi connectivity index (χ1) is 8.61. The molecular weight excluding hydrogens is 255 g/mol. The van der Waals surface area contributed by atoms with E-state index in [1.807, 2.05) is 0 Å². The highest BCUT2D eigenvalue weighted by atomic mass is 32.1. The van der Waals surface area contributed by atoms with Gasteiger partial charge in [-0.25, -0.2) is 9.18 Å². The van der Waals surface area contributed by atoms with Gasteiger partial charge in [0.2, 0.25) is 0 Å². The molecule has 1 aromatic carbocycles. The van der Waals surface area contributed by atoms with Crippen molar-refractivity contribution in [3.63, 3.8) is 0 Å². The number of nitrogens with one attached hydrogen (secondary N) is 4. The van der Waals surface area contributed by atoms with Gasteiger partial charge in [0, 0.05) is 25.8 Å². The molecule has 5 nitrogen and oxygen atoms in total. The maximum Gasteiger partial charge on any atom is 0.314 e. The molecule has 0 fully saturated rings. The second kappa shape index (κ2) is 7.44. The van der Waals surface area contributed by atoms with Gasteiger partial charge in [0.25, 0.3) is 0 Å². The van der Waals surface area contributed by atoms with Gasteiger partial charge in [-0.3, -0.25) is 0 Å². The molecule has 98 valence electrons. The standard InChI is InChI=1S/C11H15FN4OS/c1-13-10(17)14-5-6-15-11(18)16-9-4-2-3-8(12)7-9/h2-4,7H,5-6H2,1H3,(H2,13,14,17)(H2,15,16,18). The fourth-order valence-electron chi connectivity index (χ4n) is 1.18. The van der Waals surface area contributed by atoms with E-state index in [9.17, 15) is 9.18 Å². The maximum absolute atomic E-state index is 12.9. The second-order valence-electron chi connectivity index (χ2n) is 3.40. The number of carbonyl (C=O) groups excluding carboxylic acids is 1. The zero-order valence-corrected chi connectivity index (χ0v) is 10.7. The zero-order valence-electron chi connectivity index (χ0n) is 9.92. The number of urea groups is 1. The van der Waals surface area contributed by atoms with E-state index in [-0.39, 0.29) is 11.8 Å². The number of anilines is 1. The summed E-state index contributed by atoms with van der Waals surface area (Å²) in [5.41, 5.74) is 0.576. The van der Waals surface area contributed by atoms with Crippen LogP contribution in [0.4, 0.5) is 14.9 Å². The van der Waals surface area contributed by atoms with Crippen molar-refractivity contribution in [1.82, 2.24) is 16.0 Å². The van der Waals surface area contributed by atoms with Gasteiger partial charge in [-0.15, -0.1) is 0 Å². The Morgan fingerprint density at radius 2 is 2.06 bits per heavy atom. The first-order valence-corrected chi connectivity index (χ1v) is 5.78. The van der Waals surface area contributed by atoms with E-state index >= 15 is 0 Å². The van der Waals surface area contributed by atoms with Crippen LogP contribution in [0.3, 0.4) is 0 Å². The number of hydrogen-bond acceptors (Lipinski definition) is 2. The number of carbonyl (C=O) groups is 1. The molecule has 0 unspecified atom stereocenters. The normalized spacial score (nSPS) is 9.44. The summed E-state index contributed by atoms with van der Waals surface area (Å²) in [4.78, 5) is 10.8. The molecule has 0 atom stereocenters. The largest absolute Gasteiger partial charge is 0.361 e. The minimum absolute atomic E-state index is 0.249. The van der Waals surface area contributed by atoms with E-state index in [1.54, 1.807) is 19.2 Å². The average molecular weight is 270 g/mol. The van der Waals surface area contributed by atoms with Gasteiger partial charge in [-0.05, 0) is 30.4 Å². The predicted molar refractivity (Wildman–Crippen MR) is 73.1 cm³/mol. The van der Waals surface area contributed by atoms with Gasteiger partial charge in [0.05, 0.1) is 0 Å². The fraction of sp³-hybridized carbons (Fsp3) is 0.273. The van der Waals surface area contributed by atoms with Gasteiger partial charge in [-0.1, -0.05) is 6.07 Å². The number of thiocarbonyl (C=S) groups is 1.